The Hall–Kier alpha value is -5.35. The molecular weight excluding hydrogens is 633 g/mol. The summed E-state index contributed by atoms with van der Waals surface area (Å²) in [6.07, 6.45) is 1.99. The molecule has 0 amide bonds. The zero-order valence-corrected chi connectivity index (χ0v) is 31.9. The van der Waals surface area contributed by atoms with Crippen LogP contribution < -0.4 is 9.80 Å². The number of fused-ring (bicyclic) bond motifs is 4. The van der Waals surface area contributed by atoms with Crippen LogP contribution in [0.4, 0.5) is 17.1 Å². The van der Waals surface area contributed by atoms with E-state index in [1.165, 1.54) is 72.2 Å². The fraction of sp³-hybridized carbons (Fsp3) is 0.271. The summed E-state index contributed by atoms with van der Waals surface area (Å²) >= 11 is 0. The first-order valence-electron chi connectivity index (χ1n) is 18.9. The minimum Gasteiger partial charge on any atom is -0.349 e. The first-order valence-corrected chi connectivity index (χ1v) is 18.9. The molecule has 0 saturated heterocycles. The van der Waals surface area contributed by atoms with E-state index in [-0.39, 0.29) is 5.41 Å². The topological polar surface area (TPSA) is 24.3 Å². The van der Waals surface area contributed by atoms with Crippen LogP contribution in [0.25, 0.3) is 38.8 Å². The predicted octanol–water partition coefficient (Wildman–Crippen LogP) is 12.7. The molecule has 0 bridgehead atoms. The molecule has 1 aliphatic rings. The van der Waals surface area contributed by atoms with Crippen LogP contribution in [0.2, 0.25) is 0 Å². The van der Waals surface area contributed by atoms with Crippen molar-refractivity contribution in [2.45, 2.75) is 78.7 Å². The minimum absolute atomic E-state index is 0.250. The summed E-state index contributed by atoms with van der Waals surface area (Å²) in [7, 11) is 0. The van der Waals surface area contributed by atoms with Gasteiger partial charge in [-0.2, -0.15) is 0 Å². The van der Waals surface area contributed by atoms with Crippen LogP contribution in [-0.4, -0.2) is 22.3 Å². The normalized spacial score (nSPS) is 13.4. The Kier molecular flexibility index (Phi) is 8.45. The molecule has 0 radical (unpaired) electrons. The number of rotatable bonds is 8. The van der Waals surface area contributed by atoms with Crippen LogP contribution in [0, 0.1) is 0 Å². The average molecular weight is 683 g/mol. The fourth-order valence-corrected chi connectivity index (χ4v) is 8.32. The molecule has 3 heterocycles. The molecule has 8 rings (SSSR count). The van der Waals surface area contributed by atoms with Crippen LogP contribution >= 0.6 is 0 Å². The third-order valence-electron chi connectivity index (χ3n) is 11.3. The van der Waals surface area contributed by atoms with E-state index in [0.717, 1.165) is 12.5 Å². The number of anilines is 3. The first kappa shape index (κ1) is 33.8. The van der Waals surface area contributed by atoms with E-state index in [1.807, 2.05) is 6.20 Å². The number of hydrogen-bond donors (Lipinski definition) is 0. The summed E-state index contributed by atoms with van der Waals surface area (Å²) in [5.41, 5.74) is 13.8. The molecular formula is C48H50N4. The van der Waals surface area contributed by atoms with Gasteiger partial charge in [-0.25, -0.2) is 4.98 Å². The van der Waals surface area contributed by atoms with Gasteiger partial charge in [-0.1, -0.05) is 114 Å². The van der Waals surface area contributed by atoms with Gasteiger partial charge >= 0.3 is 0 Å². The van der Waals surface area contributed by atoms with Gasteiger partial charge in [-0.05, 0) is 108 Å². The van der Waals surface area contributed by atoms with Crippen molar-refractivity contribution in [3.63, 3.8) is 0 Å². The van der Waals surface area contributed by atoms with Crippen LogP contribution in [0.1, 0.15) is 89.5 Å². The molecule has 4 heteroatoms. The van der Waals surface area contributed by atoms with E-state index in [4.69, 9.17) is 4.98 Å². The zero-order valence-electron chi connectivity index (χ0n) is 31.9. The first-order chi connectivity index (χ1) is 25.0. The summed E-state index contributed by atoms with van der Waals surface area (Å²) in [6.45, 7) is 19.3. The van der Waals surface area contributed by atoms with Gasteiger partial charge in [-0.15, -0.1) is 0 Å². The van der Waals surface area contributed by atoms with Gasteiger partial charge in [-0.3, -0.25) is 4.57 Å². The SMILES string of the molecule is CC(C)c1cccc(C(C)C)c1-c1ccnc(-n2c3ccccc3c3ccc(C(C)(C)c4cccc(N5CN(C(C)C)c6ccccc65)c4)cc32)c1. The summed E-state index contributed by atoms with van der Waals surface area (Å²) in [5.74, 6) is 1.77. The molecule has 2 aromatic heterocycles. The smallest absolute Gasteiger partial charge is 0.138 e. The molecule has 1 aliphatic heterocycles. The Morgan fingerprint density at radius 1 is 0.596 bits per heavy atom. The second-order valence-electron chi connectivity index (χ2n) is 15.9. The van der Waals surface area contributed by atoms with Crippen molar-refractivity contribution in [1.29, 1.82) is 0 Å². The molecule has 52 heavy (non-hydrogen) atoms. The van der Waals surface area contributed by atoms with Crippen LogP contribution in [0.3, 0.4) is 0 Å². The van der Waals surface area contributed by atoms with Crippen LogP contribution in [-0.2, 0) is 5.41 Å². The maximum atomic E-state index is 5.05. The fourth-order valence-electron chi connectivity index (χ4n) is 8.32. The molecule has 0 fully saturated rings. The van der Waals surface area contributed by atoms with Crippen molar-refractivity contribution in [1.82, 2.24) is 9.55 Å². The van der Waals surface area contributed by atoms with Gasteiger partial charge in [0.05, 0.1) is 29.1 Å². The van der Waals surface area contributed by atoms with Crippen molar-refractivity contribution >= 4 is 38.9 Å². The Labute approximate surface area is 309 Å². The standard InChI is InChI=1S/C48H50N4/c1-31(2)38-18-14-19-39(32(3)4)47(38)34-25-26-49-46(27-34)52-42-20-10-9-17-40(42)41-24-23-36(29-45(41)52)48(7,8)35-15-13-16-37(28-35)51-30-50(33(5)6)43-21-11-12-22-44(43)51/h9-29,31-33H,30H2,1-8H3. The van der Waals surface area contributed by atoms with Gasteiger partial charge in [0, 0.05) is 34.1 Å². The van der Waals surface area contributed by atoms with Crippen LogP contribution in [0.5, 0.6) is 0 Å². The van der Waals surface area contributed by atoms with Gasteiger partial charge < -0.3 is 9.80 Å². The summed E-state index contributed by atoms with van der Waals surface area (Å²) in [6, 6.07) is 45.4. The third kappa shape index (κ3) is 5.56. The number of hydrogen-bond acceptors (Lipinski definition) is 3. The molecule has 262 valence electrons. The van der Waals surface area contributed by atoms with Crippen molar-refractivity contribution in [3.8, 4) is 16.9 Å². The lowest BCUT2D eigenvalue weighted by Gasteiger charge is -2.29. The largest absolute Gasteiger partial charge is 0.349 e. The molecule has 4 nitrogen and oxygen atoms in total. The number of benzene rings is 5. The number of aromatic nitrogens is 2. The van der Waals surface area contributed by atoms with E-state index in [9.17, 15) is 0 Å². The number of nitrogens with zero attached hydrogens (tertiary/aromatic N) is 4. The summed E-state index contributed by atoms with van der Waals surface area (Å²) < 4.78 is 2.37. The van der Waals surface area contributed by atoms with E-state index in [0.29, 0.717) is 17.9 Å². The van der Waals surface area contributed by atoms with E-state index >= 15 is 0 Å². The van der Waals surface area contributed by atoms with Gasteiger partial charge in [0.25, 0.3) is 0 Å². The second-order valence-corrected chi connectivity index (χ2v) is 15.9. The predicted molar refractivity (Wildman–Crippen MR) is 222 cm³/mol. The van der Waals surface area contributed by atoms with Crippen LogP contribution in [0.15, 0.2) is 128 Å². The average Bonchev–Trinajstić information content (AvgIpc) is 3.71. The third-order valence-corrected chi connectivity index (χ3v) is 11.3. The Morgan fingerprint density at radius 2 is 1.25 bits per heavy atom. The van der Waals surface area contributed by atoms with E-state index in [1.54, 1.807) is 0 Å². The molecule has 0 saturated carbocycles. The quantitative estimate of drug-likeness (QED) is 0.159. The summed E-state index contributed by atoms with van der Waals surface area (Å²) in [5, 5.41) is 2.48. The van der Waals surface area contributed by atoms with Gasteiger partial charge in [0.15, 0.2) is 0 Å². The maximum absolute atomic E-state index is 5.05. The van der Waals surface area contributed by atoms with E-state index < -0.39 is 0 Å². The van der Waals surface area contributed by atoms with Gasteiger partial charge in [0.1, 0.15) is 5.82 Å². The highest BCUT2D eigenvalue weighted by molar-refractivity contribution is 6.09. The van der Waals surface area contributed by atoms with Crippen molar-refractivity contribution < 1.29 is 0 Å². The molecule has 5 aromatic carbocycles. The lowest BCUT2D eigenvalue weighted by Crippen LogP contribution is -2.33. The molecule has 0 spiro atoms. The highest BCUT2D eigenvalue weighted by Crippen LogP contribution is 2.44. The zero-order chi connectivity index (χ0) is 36.3. The highest BCUT2D eigenvalue weighted by atomic mass is 15.4. The number of para-hydroxylation sites is 3. The highest BCUT2D eigenvalue weighted by Gasteiger charge is 2.30. The van der Waals surface area contributed by atoms with Crippen molar-refractivity contribution in [3.05, 3.63) is 150 Å². The Bertz CT molecular complexity index is 2400. The van der Waals surface area contributed by atoms with E-state index in [2.05, 4.69) is 191 Å². The number of pyridine rings is 1. The maximum Gasteiger partial charge on any atom is 0.138 e. The van der Waals surface area contributed by atoms with Crippen molar-refractivity contribution in [2.75, 3.05) is 16.5 Å². The molecule has 0 unspecified atom stereocenters. The van der Waals surface area contributed by atoms with Gasteiger partial charge in [0.2, 0.25) is 0 Å². The lowest BCUT2D eigenvalue weighted by atomic mass is 9.77. The molecule has 0 aliphatic carbocycles. The Morgan fingerprint density at radius 3 is 1.98 bits per heavy atom. The Balaban J connectivity index is 1.25. The monoisotopic (exact) mass is 682 g/mol. The molecule has 0 atom stereocenters. The minimum atomic E-state index is -0.250. The molecule has 0 N–H and O–H groups in total. The van der Waals surface area contributed by atoms with Crippen molar-refractivity contribution in [2.24, 2.45) is 0 Å². The molecule has 7 aromatic rings. The second kappa shape index (κ2) is 13.0. The summed E-state index contributed by atoms with van der Waals surface area (Å²) in [4.78, 5) is 9.99. The lowest BCUT2D eigenvalue weighted by molar-refractivity contribution is 0.641.